The molecule has 0 atom stereocenters. The minimum absolute atomic E-state index is 0.353. The molecule has 6 heteroatoms. The molecule has 18 heavy (non-hydrogen) atoms. The topological polar surface area (TPSA) is 82.3 Å². The molecule has 1 aromatic rings. The summed E-state index contributed by atoms with van der Waals surface area (Å²) in [6.45, 7) is 2.85. The molecule has 1 aliphatic heterocycles. The van der Waals surface area contributed by atoms with Gasteiger partial charge in [-0.05, 0) is 19.9 Å². The first kappa shape index (κ1) is 13.0. The fraction of sp³-hybridized carbons (Fsp3) is 0.667. The van der Waals surface area contributed by atoms with E-state index in [0.29, 0.717) is 24.1 Å². The normalized spacial score (nSPS) is 16.7. The van der Waals surface area contributed by atoms with Crippen LogP contribution in [0.4, 0.5) is 5.69 Å². The lowest BCUT2D eigenvalue weighted by Crippen LogP contribution is -2.19. The Morgan fingerprint density at radius 3 is 3.00 bits per heavy atom. The van der Waals surface area contributed by atoms with Gasteiger partial charge in [0.05, 0.1) is 6.20 Å². The van der Waals surface area contributed by atoms with Crippen LogP contribution in [0.5, 0.6) is 5.88 Å². The minimum Gasteiger partial charge on any atom is -0.475 e. The highest BCUT2D eigenvalue weighted by molar-refractivity contribution is 5.45. The molecule has 0 unspecified atom stereocenters. The molecule has 2 heterocycles. The molecule has 0 saturated carbocycles. The van der Waals surface area contributed by atoms with Crippen molar-refractivity contribution in [3.05, 3.63) is 12.0 Å². The van der Waals surface area contributed by atoms with Gasteiger partial charge in [0.2, 0.25) is 5.88 Å². The Kier molecular flexibility index (Phi) is 4.72. The maximum absolute atomic E-state index is 5.81. The highest BCUT2D eigenvalue weighted by Gasteiger charge is 2.19. The van der Waals surface area contributed by atoms with Gasteiger partial charge in [0.25, 0.3) is 0 Å². The Bertz CT molecular complexity index is 380. The van der Waals surface area contributed by atoms with Crippen LogP contribution in [-0.2, 0) is 4.74 Å². The summed E-state index contributed by atoms with van der Waals surface area (Å²) in [5.74, 6) is 1.65. The summed E-state index contributed by atoms with van der Waals surface area (Å²) in [6.07, 6.45) is 3.55. The van der Waals surface area contributed by atoms with E-state index in [0.717, 1.165) is 38.4 Å². The summed E-state index contributed by atoms with van der Waals surface area (Å²) in [7, 11) is 1.88. The monoisotopic (exact) mass is 252 g/mol. The van der Waals surface area contributed by atoms with Crippen LogP contribution >= 0.6 is 0 Å². The molecule has 0 amide bonds. The van der Waals surface area contributed by atoms with Crippen molar-refractivity contribution >= 4 is 5.69 Å². The summed E-state index contributed by atoms with van der Waals surface area (Å²) in [4.78, 5) is 8.73. The van der Waals surface area contributed by atoms with E-state index in [2.05, 4.69) is 15.3 Å². The molecular weight excluding hydrogens is 232 g/mol. The van der Waals surface area contributed by atoms with Gasteiger partial charge >= 0.3 is 0 Å². The number of nitrogens with one attached hydrogen (secondary N) is 1. The van der Waals surface area contributed by atoms with Crippen molar-refractivity contribution in [2.45, 2.75) is 18.8 Å². The summed E-state index contributed by atoms with van der Waals surface area (Å²) in [6, 6.07) is 0. The smallest absolute Gasteiger partial charge is 0.240 e. The van der Waals surface area contributed by atoms with E-state index in [1.54, 1.807) is 6.20 Å². The van der Waals surface area contributed by atoms with E-state index >= 15 is 0 Å². The summed E-state index contributed by atoms with van der Waals surface area (Å²) in [5, 5.41) is 3.01. The lowest BCUT2D eigenvalue weighted by molar-refractivity contribution is 0.0834. The molecule has 1 fully saturated rings. The minimum atomic E-state index is 0.353. The maximum Gasteiger partial charge on any atom is 0.240 e. The van der Waals surface area contributed by atoms with Crippen LogP contribution in [0.25, 0.3) is 0 Å². The molecule has 0 bridgehead atoms. The van der Waals surface area contributed by atoms with Crippen LogP contribution in [0.1, 0.15) is 24.6 Å². The van der Waals surface area contributed by atoms with Gasteiger partial charge in [-0.25, -0.2) is 4.98 Å². The lowest BCUT2D eigenvalue weighted by atomic mass is 9.99. The van der Waals surface area contributed by atoms with E-state index in [9.17, 15) is 0 Å². The Morgan fingerprint density at radius 1 is 1.50 bits per heavy atom. The number of ether oxygens (including phenoxy) is 2. The number of rotatable bonds is 5. The Labute approximate surface area is 107 Å². The van der Waals surface area contributed by atoms with Gasteiger partial charge in [-0.3, -0.25) is 0 Å². The molecule has 0 aromatic carbocycles. The molecule has 0 spiro atoms. The van der Waals surface area contributed by atoms with Gasteiger partial charge in [0, 0.05) is 25.7 Å². The Balaban J connectivity index is 2.04. The average molecular weight is 252 g/mol. The molecule has 2 rings (SSSR count). The van der Waals surface area contributed by atoms with Gasteiger partial charge < -0.3 is 20.5 Å². The number of nitrogen functional groups attached to an aromatic ring is 1. The van der Waals surface area contributed by atoms with Crippen molar-refractivity contribution in [2.24, 2.45) is 0 Å². The number of nitrogens with two attached hydrogens (primary N) is 1. The number of hydrogen-bond acceptors (Lipinski definition) is 6. The molecule has 1 aliphatic rings. The molecule has 100 valence electrons. The molecule has 3 N–H and O–H groups in total. The Morgan fingerprint density at radius 2 is 2.28 bits per heavy atom. The van der Waals surface area contributed by atoms with Gasteiger partial charge in [-0.15, -0.1) is 0 Å². The van der Waals surface area contributed by atoms with E-state index in [4.69, 9.17) is 15.2 Å². The summed E-state index contributed by atoms with van der Waals surface area (Å²) < 4.78 is 10.9. The molecule has 0 radical (unpaired) electrons. The molecule has 0 aliphatic carbocycles. The first-order valence-electron chi connectivity index (χ1n) is 6.29. The van der Waals surface area contributed by atoms with Crippen LogP contribution in [0, 0.1) is 0 Å². The molecule has 1 aromatic heterocycles. The van der Waals surface area contributed by atoms with Crippen LogP contribution in [0.15, 0.2) is 6.20 Å². The van der Waals surface area contributed by atoms with Crippen molar-refractivity contribution in [1.82, 2.24) is 15.3 Å². The van der Waals surface area contributed by atoms with E-state index in [1.807, 2.05) is 7.05 Å². The van der Waals surface area contributed by atoms with Crippen molar-refractivity contribution in [3.63, 3.8) is 0 Å². The van der Waals surface area contributed by atoms with Crippen molar-refractivity contribution < 1.29 is 9.47 Å². The zero-order valence-electron chi connectivity index (χ0n) is 10.7. The quantitative estimate of drug-likeness (QED) is 0.745. The zero-order valence-corrected chi connectivity index (χ0v) is 10.7. The second-order valence-electron chi connectivity index (χ2n) is 4.33. The number of likely N-dealkylation sites (N-methyl/N-ethyl adjacent to an activating group) is 1. The van der Waals surface area contributed by atoms with E-state index < -0.39 is 0 Å². The van der Waals surface area contributed by atoms with E-state index in [-0.39, 0.29) is 0 Å². The first-order valence-corrected chi connectivity index (χ1v) is 6.29. The van der Waals surface area contributed by atoms with Crippen LogP contribution in [0.3, 0.4) is 0 Å². The molecular formula is C12H20N4O2. The van der Waals surface area contributed by atoms with Gasteiger partial charge in [0.15, 0.2) is 0 Å². The third-order valence-corrected chi connectivity index (χ3v) is 2.98. The molecule has 6 nitrogen and oxygen atoms in total. The van der Waals surface area contributed by atoms with Crippen molar-refractivity contribution in [3.8, 4) is 5.88 Å². The maximum atomic E-state index is 5.81. The summed E-state index contributed by atoms with van der Waals surface area (Å²) in [5.41, 5.74) is 6.29. The van der Waals surface area contributed by atoms with Crippen LogP contribution in [0.2, 0.25) is 0 Å². The predicted octanol–water partition coefficient (Wildman–Crippen LogP) is 0.551. The third kappa shape index (κ3) is 3.30. The van der Waals surface area contributed by atoms with Gasteiger partial charge in [-0.2, -0.15) is 4.98 Å². The second-order valence-corrected chi connectivity index (χ2v) is 4.33. The number of anilines is 1. The van der Waals surface area contributed by atoms with Gasteiger partial charge in [0.1, 0.15) is 18.1 Å². The third-order valence-electron chi connectivity index (χ3n) is 2.98. The second kappa shape index (κ2) is 6.51. The first-order chi connectivity index (χ1) is 8.81. The fourth-order valence-electron chi connectivity index (χ4n) is 1.91. The zero-order chi connectivity index (χ0) is 12.8. The predicted molar refractivity (Wildman–Crippen MR) is 68.7 cm³/mol. The molecule has 1 saturated heterocycles. The van der Waals surface area contributed by atoms with Gasteiger partial charge in [-0.1, -0.05) is 0 Å². The van der Waals surface area contributed by atoms with E-state index in [1.165, 1.54) is 0 Å². The SMILES string of the molecule is CNCCOc1nc(C2CCOCC2)ncc1N. The Hall–Kier alpha value is -1.40. The van der Waals surface area contributed by atoms with Crippen molar-refractivity contribution in [2.75, 3.05) is 39.1 Å². The van der Waals surface area contributed by atoms with Crippen molar-refractivity contribution in [1.29, 1.82) is 0 Å². The van der Waals surface area contributed by atoms with Crippen LogP contribution < -0.4 is 15.8 Å². The van der Waals surface area contributed by atoms with Crippen LogP contribution in [-0.4, -0.2) is 43.4 Å². The number of hydrogen-bond donors (Lipinski definition) is 2. The summed E-state index contributed by atoms with van der Waals surface area (Å²) >= 11 is 0. The number of nitrogens with zero attached hydrogens (tertiary/aromatic N) is 2. The number of aromatic nitrogens is 2. The highest BCUT2D eigenvalue weighted by Crippen LogP contribution is 2.27. The lowest BCUT2D eigenvalue weighted by Gasteiger charge is -2.21. The highest BCUT2D eigenvalue weighted by atomic mass is 16.5. The largest absolute Gasteiger partial charge is 0.475 e. The standard InChI is InChI=1S/C12H20N4O2/c1-14-4-7-18-12-10(13)8-15-11(16-12)9-2-5-17-6-3-9/h8-9,14H,2-7,13H2,1H3. The fourth-order valence-corrected chi connectivity index (χ4v) is 1.91. The average Bonchev–Trinajstić information content (AvgIpc) is 2.42.